The molecule has 0 bridgehead atoms. The van der Waals surface area contributed by atoms with Crippen LogP contribution in [0.2, 0.25) is 0 Å². The number of carbonyl (C=O) groups excluding carboxylic acids is 4. The van der Waals surface area contributed by atoms with Gasteiger partial charge in [0.05, 0.1) is 58.5 Å². The van der Waals surface area contributed by atoms with Crippen molar-refractivity contribution in [3.8, 4) is 0 Å². The summed E-state index contributed by atoms with van der Waals surface area (Å²) >= 11 is 0. The van der Waals surface area contributed by atoms with Gasteiger partial charge in [0, 0.05) is 0 Å². The molecule has 0 aliphatic heterocycles. The predicted molar refractivity (Wildman–Crippen MR) is 507 cm³/mol. The van der Waals surface area contributed by atoms with Crippen LogP contribution in [0.4, 0.5) is 0 Å². The zero-order chi connectivity index (χ0) is 87.2. The molecule has 0 spiro atoms. The first-order valence-corrected chi connectivity index (χ1v) is 52.9. The molecule has 14 nitrogen and oxygen atoms in total. The van der Waals surface area contributed by atoms with Gasteiger partial charge in [-0.3, -0.25) is 0 Å². The fourth-order valence-corrected chi connectivity index (χ4v) is 16.4. The van der Waals surface area contributed by atoms with Gasteiger partial charge in [0.2, 0.25) is 0 Å². The van der Waals surface area contributed by atoms with Crippen molar-refractivity contribution >= 4 is 81.9 Å². The average Bonchev–Trinajstić information content (AvgIpc) is 0.813. The molecule has 2 aromatic carbocycles. The van der Waals surface area contributed by atoms with E-state index in [1.807, 2.05) is 24.3 Å². The number of allylic oxidation sites excluding steroid dienone is 4. The number of rotatable bonds is 86. The first-order chi connectivity index (χ1) is 58.6. The number of unbranched alkanes of at least 4 members (excludes halogenated alkanes) is 64. The van der Waals surface area contributed by atoms with Gasteiger partial charge in [0.1, 0.15) is 20.2 Å². The van der Waals surface area contributed by atoms with Crippen molar-refractivity contribution in [2.45, 2.75) is 500 Å². The zero-order valence-electron chi connectivity index (χ0n) is 78.1. The fraction of sp³-hybridized carbons (Fsp3) is 0.769. The fourth-order valence-electron chi connectivity index (χ4n) is 15.4. The molecule has 0 unspecified atom stereocenters. The van der Waals surface area contributed by atoms with Crippen LogP contribution in [0.15, 0.2) is 94.8 Å². The Morgan fingerprint density at radius 3 is 0.521 bits per heavy atom. The van der Waals surface area contributed by atoms with E-state index in [2.05, 4.69) is 52.0 Å². The summed E-state index contributed by atoms with van der Waals surface area (Å²) in [6.45, 7) is 9.47. The Labute approximate surface area is 773 Å². The summed E-state index contributed by atoms with van der Waals surface area (Å²) in [6.07, 6.45) is 109. The van der Waals surface area contributed by atoms with Gasteiger partial charge in [-0.1, -0.05) is 462 Å². The van der Waals surface area contributed by atoms with Crippen LogP contribution < -0.4 is 0 Å². The molecular formula is C104H178CaO14S2. The van der Waals surface area contributed by atoms with Crippen LogP contribution in [-0.4, -0.2) is 114 Å². The summed E-state index contributed by atoms with van der Waals surface area (Å²) in [6, 6.07) is 6.16. The van der Waals surface area contributed by atoms with Gasteiger partial charge in [0.25, 0.3) is 0 Å². The van der Waals surface area contributed by atoms with Crippen LogP contribution in [0, 0.1) is 0 Å². The van der Waals surface area contributed by atoms with Crippen LogP contribution in [0.25, 0.3) is 0 Å². The first kappa shape index (κ1) is 117. The van der Waals surface area contributed by atoms with E-state index >= 15 is 0 Å². The topological polar surface area (TPSA) is 220 Å². The maximum Gasteiger partial charge on any atom is 2.00 e. The van der Waals surface area contributed by atoms with E-state index in [1.165, 1.54) is 385 Å². The van der Waals surface area contributed by atoms with Gasteiger partial charge >= 0.3 is 61.6 Å². The monoisotopic (exact) mass is 1760 g/mol. The number of hydrogen-bond donors (Lipinski definition) is 0. The van der Waals surface area contributed by atoms with Gasteiger partial charge in [0.15, 0.2) is 0 Å². The van der Waals surface area contributed by atoms with Crippen LogP contribution in [0.5, 0.6) is 0 Å². The Bertz CT molecular complexity index is 2880. The normalized spacial score (nSPS) is 11.8. The summed E-state index contributed by atoms with van der Waals surface area (Å²) in [7, 11) is -9.67. The Morgan fingerprint density at radius 2 is 0.364 bits per heavy atom. The standard InChI is InChI=1S/2C52H90O7S.Ca/c2*1-3-5-7-9-11-13-15-17-19-21-23-25-27-29-31-33-35-37-39-41-45-58-51(53)49-44-43-48(60(55,56)57)47-50(49)52(54)59-46-42-40-38-36-34-32-30-28-26-24-22-20-18-16-14-12-10-8-6-4-2;/h2*37-40,43-44,47H,3-36,41-42,45-46H2,1-2H3,(H,55,56,57);/q;;+2/p-2/b2*39-37+,40-38+;. The van der Waals surface area contributed by atoms with E-state index in [0.717, 1.165) is 87.8 Å². The summed E-state index contributed by atoms with van der Waals surface area (Å²) in [5.41, 5.74) is -0.812. The van der Waals surface area contributed by atoms with Crippen molar-refractivity contribution in [1.29, 1.82) is 0 Å². The third-order valence-electron chi connectivity index (χ3n) is 23.1. The minimum absolute atomic E-state index is 0. The van der Waals surface area contributed by atoms with E-state index in [4.69, 9.17) is 18.9 Å². The maximum atomic E-state index is 13.0. The largest absolute Gasteiger partial charge is 2.00 e. The summed E-state index contributed by atoms with van der Waals surface area (Å²) in [5.74, 6) is -3.25. The summed E-state index contributed by atoms with van der Waals surface area (Å²) < 4.78 is 91.6. The second-order valence-corrected chi connectivity index (χ2v) is 37.0. The molecule has 0 heterocycles. The Morgan fingerprint density at radius 1 is 0.223 bits per heavy atom. The molecule has 0 amide bonds. The summed E-state index contributed by atoms with van der Waals surface area (Å²) in [5, 5.41) is 0. The third kappa shape index (κ3) is 75.1. The van der Waals surface area contributed by atoms with Crippen molar-refractivity contribution in [2.75, 3.05) is 26.4 Å². The molecule has 2 rings (SSSR count). The molecular weight excluding hydrogens is 1580 g/mol. The Kier molecular flexibility index (Phi) is 85.7. The van der Waals surface area contributed by atoms with E-state index in [9.17, 15) is 45.1 Å². The number of benzene rings is 2. The molecule has 0 saturated carbocycles. The van der Waals surface area contributed by atoms with Gasteiger partial charge in [-0.25, -0.2) is 36.0 Å². The van der Waals surface area contributed by atoms with Crippen molar-refractivity contribution in [3.05, 3.63) is 107 Å². The van der Waals surface area contributed by atoms with Gasteiger partial charge in [-0.05, 0) is 113 Å². The second kappa shape index (κ2) is 88.4. The van der Waals surface area contributed by atoms with E-state index in [1.54, 1.807) is 0 Å². The molecule has 17 heteroatoms. The smallest absolute Gasteiger partial charge is 0.744 e. The van der Waals surface area contributed by atoms with Gasteiger partial charge < -0.3 is 28.1 Å². The third-order valence-corrected chi connectivity index (χ3v) is 24.7. The van der Waals surface area contributed by atoms with Crippen molar-refractivity contribution in [3.63, 3.8) is 0 Å². The first-order valence-electron chi connectivity index (χ1n) is 50.1. The number of hydrogen-bond acceptors (Lipinski definition) is 14. The molecule has 0 saturated heterocycles. The molecule has 2 aromatic rings. The van der Waals surface area contributed by atoms with Gasteiger partial charge in [-0.2, -0.15) is 0 Å². The van der Waals surface area contributed by atoms with Crippen LogP contribution in [0.3, 0.4) is 0 Å². The Hall–Kier alpha value is -3.64. The molecule has 0 aliphatic carbocycles. The SMILES string of the molecule is CCCCCCCCCCCCCCCCCC/C=C/CCOC(=O)c1ccc(S(=O)(=O)[O-])cc1C(=O)OCC/C=C/CCCCCCCCCCCCCCCCCC.CCCCCCCCCCCCCCCCCC/C=C/CCOC(=O)c1ccc(S(=O)(=O)[O-])cc1C(=O)OCC/C=C/CCCCCCCCCCCCCCCCCC.[Ca+2]. The van der Waals surface area contributed by atoms with Gasteiger partial charge in [-0.15, -0.1) is 0 Å². The van der Waals surface area contributed by atoms with Crippen molar-refractivity contribution in [1.82, 2.24) is 0 Å². The molecule has 0 aliphatic rings. The quantitative estimate of drug-likeness (QED) is 0.0150. The molecule has 0 radical (unpaired) electrons. The van der Waals surface area contributed by atoms with Crippen molar-refractivity contribution in [2.24, 2.45) is 0 Å². The van der Waals surface area contributed by atoms with E-state index < -0.39 is 53.9 Å². The minimum Gasteiger partial charge on any atom is -0.744 e. The molecule has 0 fully saturated rings. The molecule has 121 heavy (non-hydrogen) atoms. The number of ether oxygens (including phenoxy) is 4. The molecule has 0 N–H and O–H groups in total. The maximum absolute atomic E-state index is 13.0. The van der Waals surface area contributed by atoms with E-state index in [0.29, 0.717) is 25.7 Å². The predicted octanol–water partition coefficient (Wildman–Crippen LogP) is 31.8. The van der Waals surface area contributed by atoms with Crippen molar-refractivity contribution < 1.29 is 64.1 Å². The second-order valence-electron chi connectivity index (χ2n) is 34.3. The molecule has 692 valence electrons. The molecule has 0 atom stereocenters. The van der Waals surface area contributed by atoms with Crippen LogP contribution in [0.1, 0.15) is 531 Å². The molecule has 0 aromatic heterocycles. The Balaban J connectivity index is 0.00000236. The summed E-state index contributed by atoms with van der Waals surface area (Å²) in [4.78, 5) is 50.5. The van der Waals surface area contributed by atoms with E-state index in [-0.39, 0.29) is 86.4 Å². The van der Waals surface area contributed by atoms with Crippen LogP contribution >= 0.6 is 0 Å². The number of carbonyl (C=O) groups is 4. The average molecular weight is 1760 g/mol. The zero-order valence-corrected chi connectivity index (χ0v) is 81.9. The number of esters is 4. The minimum atomic E-state index is -4.84. The van der Waals surface area contributed by atoms with Crippen LogP contribution in [-0.2, 0) is 39.2 Å².